The first-order valence-electron chi connectivity index (χ1n) is 18.9. The summed E-state index contributed by atoms with van der Waals surface area (Å²) in [6, 6.07) is 0. The molecule has 11 heteroatoms. The highest BCUT2D eigenvalue weighted by Gasteiger charge is 2.53. The quantitative estimate of drug-likeness (QED) is 0.101. The van der Waals surface area contributed by atoms with Crippen molar-refractivity contribution in [2.45, 2.75) is 180 Å². The Balaban J connectivity index is 2.47. The summed E-state index contributed by atoms with van der Waals surface area (Å²) in [6.07, 6.45) is 2.99. The first-order chi connectivity index (χ1) is 23.0. The van der Waals surface area contributed by atoms with Crippen molar-refractivity contribution in [1.29, 1.82) is 0 Å². The molecule has 4 unspecified atom stereocenters. The van der Waals surface area contributed by atoms with Gasteiger partial charge in [-0.1, -0.05) is 80.1 Å². The highest BCUT2D eigenvalue weighted by Crippen LogP contribution is 2.34. The topological polar surface area (TPSA) is 124 Å². The third-order valence-corrected chi connectivity index (χ3v) is 8.60. The van der Waals surface area contributed by atoms with Crippen molar-refractivity contribution < 1.29 is 52.8 Å². The number of hydrogen-bond acceptors (Lipinski definition) is 11. The molecule has 0 radical (unpaired) electrons. The molecule has 0 spiro atoms. The number of ether oxygens (including phenoxy) is 9. The third-order valence-electron chi connectivity index (χ3n) is 8.60. The summed E-state index contributed by atoms with van der Waals surface area (Å²) in [5, 5.41) is 22.8. The Morgan fingerprint density at radius 2 is 0.872 bits per heavy atom. The van der Waals surface area contributed by atoms with Crippen LogP contribution in [0.25, 0.3) is 0 Å². The van der Waals surface area contributed by atoms with Gasteiger partial charge >= 0.3 is 0 Å². The van der Waals surface area contributed by atoms with Gasteiger partial charge in [-0.3, -0.25) is 0 Å². The van der Waals surface area contributed by atoms with Crippen molar-refractivity contribution in [3.8, 4) is 0 Å². The van der Waals surface area contributed by atoms with Crippen LogP contribution in [-0.2, 0) is 42.6 Å². The van der Waals surface area contributed by atoms with Crippen LogP contribution in [0, 0.1) is 0 Å². The zero-order valence-electron chi connectivity index (χ0n) is 30.5. The second kappa shape index (κ2) is 26.4. The minimum atomic E-state index is -1.21. The summed E-state index contributed by atoms with van der Waals surface area (Å²) < 4.78 is 57.0. The number of unbranched alkanes of at least 4 members (excludes halogenated alkanes) is 6. The number of rotatable bonds is 28. The normalized spacial score (nSPS) is 31.4. The molecule has 2 fully saturated rings. The molecule has 47 heavy (non-hydrogen) atoms. The fraction of sp³-hybridized carbons (Fsp3) is 1.00. The Bertz CT molecular complexity index is 731. The number of aliphatic hydroxyl groups excluding tert-OH is 2. The first-order valence-corrected chi connectivity index (χ1v) is 18.9. The Kier molecular flexibility index (Phi) is 24.0. The van der Waals surface area contributed by atoms with Crippen molar-refractivity contribution in [1.82, 2.24) is 0 Å². The SMILES string of the molecule is CCCCOCC1O[C@H](O[C@H]2C(COCCCC)O[C@H](O)C(OCCCC)[C@H]2OCCCC)C(OCCCC)[C@@H](OCCCC)[C@@H]1O. The molecule has 2 aliphatic heterocycles. The molecule has 0 aromatic carbocycles. The molecule has 2 heterocycles. The van der Waals surface area contributed by atoms with Crippen LogP contribution in [0.15, 0.2) is 0 Å². The Morgan fingerprint density at radius 1 is 0.447 bits per heavy atom. The zero-order valence-corrected chi connectivity index (χ0v) is 30.5. The molecule has 0 aromatic heterocycles. The van der Waals surface area contributed by atoms with Gasteiger partial charge in [-0.25, -0.2) is 0 Å². The average molecular weight is 679 g/mol. The van der Waals surface area contributed by atoms with Gasteiger partial charge in [0.1, 0.15) is 48.8 Å². The van der Waals surface area contributed by atoms with E-state index >= 15 is 0 Å². The van der Waals surface area contributed by atoms with E-state index < -0.39 is 61.4 Å². The van der Waals surface area contributed by atoms with Crippen LogP contribution in [0.1, 0.15) is 119 Å². The molecule has 2 N–H and O–H groups in total. The fourth-order valence-corrected chi connectivity index (χ4v) is 5.57. The monoisotopic (exact) mass is 678 g/mol. The zero-order chi connectivity index (χ0) is 34.3. The molecule has 11 nitrogen and oxygen atoms in total. The standard InChI is InChI=1S/C36H70O11/c1-7-13-19-39-25-27-29(37)31(41-21-15-9-3)34(44-24-18-12-6)36(46-27)47-30-28(26-40-20-14-8-2)45-35(38)33(43-23-17-11-5)32(30)42-22-16-10-4/h27-38H,7-26H2,1-6H3/t27?,28?,29-,30+,31+,32+,33?,34?,35+,36-/m1/s1. The van der Waals surface area contributed by atoms with Crippen molar-refractivity contribution in [2.24, 2.45) is 0 Å². The summed E-state index contributed by atoms with van der Waals surface area (Å²) in [5.74, 6) is 0. The lowest BCUT2D eigenvalue weighted by molar-refractivity contribution is -0.368. The molecule has 0 saturated carbocycles. The molecule has 10 atom stereocenters. The van der Waals surface area contributed by atoms with E-state index in [1.807, 2.05) is 0 Å². The van der Waals surface area contributed by atoms with Gasteiger partial charge in [0.05, 0.1) is 13.2 Å². The largest absolute Gasteiger partial charge is 0.387 e. The van der Waals surface area contributed by atoms with Crippen LogP contribution >= 0.6 is 0 Å². The van der Waals surface area contributed by atoms with E-state index in [1.165, 1.54) is 0 Å². The Hall–Kier alpha value is -0.440. The molecule has 0 amide bonds. The van der Waals surface area contributed by atoms with Crippen LogP contribution in [0.2, 0.25) is 0 Å². The molecular formula is C36H70O11. The molecule has 280 valence electrons. The van der Waals surface area contributed by atoms with Gasteiger partial charge in [0.25, 0.3) is 0 Å². The second-order valence-electron chi connectivity index (χ2n) is 12.8. The molecule has 2 saturated heterocycles. The summed E-state index contributed by atoms with van der Waals surface area (Å²) >= 11 is 0. The van der Waals surface area contributed by atoms with Crippen LogP contribution < -0.4 is 0 Å². The van der Waals surface area contributed by atoms with Crippen molar-refractivity contribution in [2.75, 3.05) is 52.9 Å². The fourth-order valence-electron chi connectivity index (χ4n) is 5.57. The van der Waals surface area contributed by atoms with Crippen molar-refractivity contribution >= 4 is 0 Å². The minimum absolute atomic E-state index is 0.193. The van der Waals surface area contributed by atoms with E-state index in [2.05, 4.69) is 41.5 Å². The summed E-state index contributed by atoms with van der Waals surface area (Å²) in [5.41, 5.74) is 0. The van der Waals surface area contributed by atoms with Gasteiger partial charge in [-0.15, -0.1) is 0 Å². The summed E-state index contributed by atoms with van der Waals surface area (Å²) in [4.78, 5) is 0. The van der Waals surface area contributed by atoms with Gasteiger partial charge < -0.3 is 52.8 Å². The highest BCUT2D eigenvalue weighted by molar-refractivity contribution is 4.96. The van der Waals surface area contributed by atoms with Gasteiger partial charge in [0.2, 0.25) is 0 Å². The molecule has 2 rings (SSSR count). The van der Waals surface area contributed by atoms with Gasteiger partial charge in [0, 0.05) is 39.6 Å². The Labute approximate surface area is 285 Å². The summed E-state index contributed by atoms with van der Waals surface area (Å²) in [7, 11) is 0. The highest BCUT2D eigenvalue weighted by atomic mass is 16.7. The van der Waals surface area contributed by atoms with E-state index in [-0.39, 0.29) is 13.2 Å². The third kappa shape index (κ3) is 15.1. The first kappa shape index (κ1) is 42.7. The van der Waals surface area contributed by atoms with E-state index in [0.29, 0.717) is 39.6 Å². The van der Waals surface area contributed by atoms with Crippen LogP contribution in [0.3, 0.4) is 0 Å². The van der Waals surface area contributed by atoms with E-state index in [4.69, 9.17) is 42.6 Å². The van der Waals surface area contributed by atoms with Crippen molar-refractivity contribution in [3.63, 3.8) is 0 Å². The Morgan fingerprint density at radius 3 is 1.38 bits per heavy atom. The molecule has 0 aromatic rings. The lowest BCUT2D eigenvalue weighted by Gasteiger charge is -2.49. The smallest absolute Gasteiger partial charge is 0.187 e. The predicted molar refractivity (Wildman–Crippen MR) is 180 cm³/mol. The van der Waals surface area contributed by atoms with E-state index in [9.17, 15) is 10.2 Å². The lowest BCUT2D eigenvalue weighted by Crippen LogP contribution is -2.66. The van der Waals surface area contributed by atoms with Gasteiger partial charge in [-0.05, 0) is 38.5 Å². The predicted octanol–water partition coefficient (Wildman–Crippen LogP) is 5.55. The molecule has 0 aliphatic carbocycles. The maximum Gasteiger partial charge on any atom is 0.187 e. The number of aliphatic hydroxyl groups is 2. The van der Waals surface area contributed by atoms with E-state index in [0.717, 1.165) is 77.0 Å². The minimum Gasteiger partial charge on any atom is -0.387 e. The lowest BCUT2D eigenvalue weighted by atomic mass is 9.96. The summed E-state index contributed by atoms with van der Waals surface area (Å²) in [6.45, 7) is 16.0. The second-order valence-corrected chi connectivity index (χ2v) is 12.8. The van der Waals surface area contributed by atoms with Crippen LogP contribution in [-0.4, -0.2) is 124 Å². The molecule has 0 bridgehead atoms. The molecular weight excluding hydrogens is 608 g/mol. The number of hydrogen-bond donors (Lipinski definition) is 2. The van der Waals surface area contributed by atoms with Gasteiger partial charge in [0.15, 0.2) is 12.6 Å². The maximum absolute atomic E-state index is 11.6. The van der Waals surface area contributed by atoms with Gasteiger partial charge in [-0.2, -0.15) is 0 Å². The molecule has 2 aliphatic rings. The van der Waals surface area contributed by atoms with Crippen molar-refractivity contribution in [3.05, 3.63) is 0 Å². The maximum atomic E-state index is 11.6. The van der Waals surface area contributed by atoms with E-state index in [1.54, 1.807) is 0 Å². The van der Waals surface area contributed by atoms with Crippen LogP contribution in [0.4, 0.5) is 0 Å². The van der Waals surface area contributed by atoms with Crippen LogP contribution in [0.5, 0.6) is 0 Å². The average Bonchev–Trinajstić information content (AvgIpc) is 3.06.